The summed E-state index contributed by atoms with van der Waals surface area (Å²) < 4.78 is 9.17. The van der Waals surface area contributed by atoms with E-state index in [1.165, 1.54) is 0 Å². The van der Waals surface area contributed by atoms with Crippen LogP contribution in [0.1, 0.15) is 0 Å². The fraction of sp³-hybridized carbons (Fsp3) is 0.0909. The zero-order valence-corrected chi connectivity index (χ0v) is 16.1. The van der Waals surface area contributed by atoms with Crippen molar-refractivity contribution in [3.05, 3.63) is 77.3 Å². The van der Waals surface area contributed by atoms with Crippen molar-refractivity contribution >= 4 is 49.0 Å². The summed E-state index contributed by atoms with van der Waals surface area (Å²) in [5, 5.41) is 1.12. The van der Waals surface area contributed by atoms with Crippen molar-refractivity contribution in [1.82, 2.24) is 14.5 Å². The van der Waals surface area contributed by atoms with Gasteiger partial charge in [0.05, 0.1) is 23.1 Å². The van der Waals surface area contributed by atoms with Gasteiger partial charge in [0.15, 0.2) is 5.65 Å². The highest BCUT2D eigenvalue weighted by Crippen LogP contribution is 2.28. The molecular formula is C22H16BrN3O. The third-order valence-corrected chi connectivity index (χ3v) is 5.18. The van der Waals surface area contributed by atoms with Crippen LogP contribution in [0.25, 0.3) is 33.1 Å². The van der Waals surface area contributed by atoms with Gasteiger partial charge in [-0.2, -0.15) is 0 Å². The molecule has 5 heteroatoms. The first-order chi connectivity index (χ1) is 13.3. The molecule has 0 fully saturated rings. The molecule has 132 valence electrons. The van der Waals surface area contributed by atoms with E-state index in [0.29, 0.717) is 13.2 Å². The Morgan fingerprint density at radius 1 is 0.815 bits per heavy atom. The fourth-order valence-corrected chi connectivity index (χ4v) is 3.66. The van der Waals surface area contributed by atoms with Crippen molar-refractivity contribution in [2.24, 2.45) is 0 Å². The van der Waals surface area contributed by atoms with Gasteiger partial charge in [0.2, 0.25) is 0 Å². The Kier molecular flexibility index (Phi) is 4.02. The number of halogens is 1. The summed E-state index contributed by atoms with van der Waals surface area (Å²) in [5.41, 5.74) is 4.78. The maximum Gasteiger partial charge on any atom is 0.160 e. The van der Waals surface area contributed by atoms with E-state index in [0.717, 1.165) is 43.3 Å². The standard InChI is InChI=1S/C22H16BrN3O/c23-15-9-11-16(12-10-15)27-14-13-26-20-8-4-1-5-17(20)21-22(26)25-19-7-3-2-6-18(19)24-21/h1-12H,13-14H2. The van der Waals surface area contributed by atoms with Crippen LogP contribution in [0.5, 0.6) is 5.75 Å². The third kappa shape index (κ3) is 2.94. The van der Waals surface area contributed by atoms with Gasteiger partial charge < -0.3 is 9.30 Å². The molecule has 2 heterocycles. The third-order valence-electron chi connectivity index (χ3n) is 4.66. The van der Waals surface area contributed by atoms with Gasteiger partial charge in [0.1, 0.15) is 17.9 Å². The van der Waals surface area contributed by atoms with Crippen molar-refractivity contribution in [2.45, 2.75) is 6.54 Å². The van der Waals surface area contributed by atoms with Crippen molar-refractivity contribution < 1.29 is 4.74 Å². The van der Waals surface area contributed by atoms with Crippen LogP contribution in [0.15, 0.2) is 77.3 Å². The molecule has 27 heavy (non-hydrogen) atoms. The average molecular weight is 418 g/mol. The second-order valence-corrected chi connectivity index (χ2v) is 7.27. The SMILES string of the molecule is Brc1ccc(OCCn2c3ccccc3c3nc4ccccc4nc32)cc1. The summed E-state index contributed by atoms with van der Waals surface area (Å²) in [6.07, 6.45) is 0. The Morgan fingerprint density at radius 2 is 1.52 bits per heavy atom. The second kappa shape index (κ2) is 6.67. The summed E-state index contributed by atoms with van der Waals surface area (Å²) in [6, 6.07) is 24.2. The molecule has 0 unspecified atom stereocenters. The Balaban J connectivity index is 1.56. The number of benzene rings is 3. The van der Waals surface area contributed by atoms with E-state index in [2.05, 4.69) is 32.6 Å². The summed E-state index contributed by atoms with van der Waals surface area (Å²) in [6.45, 7) is 1.26. The maximum absolute atomic E-state index is 5.93. The Labute approximate surface area is 164 Å². The monoisotopic (exact) mass is 417 g/mol. The zero-order chi connectivity index (χ0) is 18.2. The molecule has 0 aliphatic carbocycles. The quantitative estimate of drug-likeness (QED) is 0.383. The first-order valence-corrected chi connectivity index (χ1v) is 9.61. The van der Waals surface area contributed by atoms with Crippen LogP contribution in [0.2, 0.25) is 0 Å². The Hall–Kier alpha value is -2.92. The van der Waals surface area contributed by atoms with Crippen molar-refractivity contribution in [1.29, 1.82) is 0 Å². The number of rotatable bonds is 4. The molecule has 0 amide bonds. The van der Waals surface area contributed by atoms with E-state index in [1.807, 2.05) is 60.7 Å². The van der Waals surface area contributed by atoms with Crippen molar-refractivity contribution in [3.63, 3.8) is 0 Å². The highest BCUT2D eigenvalue weighted by Gasteiger charge is 2.14. The predicted molar refractivity (Wildman–Crippen MR) is 112 cm³/mol. The Morgan fingerprint density at radius 3 is 2.33 bits per heavy atom. The van der Waals surface area contributed by atoms with E-state index in [4.69, 9.17) is 14.7 Å². The molecule has 0 bridgehead atoms. The van der Waals surface area contributed by atoms with Crippen molar-refractivity contribution in [3.8, 4) is 5.75 Å². The van der Waals surface area contributed by atoms with Gasteiger partial charge in [0.25, 0.3) is 0 Å². The van der Waals surface area contributed by atoms with E-state index in [9.17, 15) is 0 Å². The first kappa shape index (κ1) is 16.3. The van der Waals surface area contributed by atoms with Gasteiger partial charge in [-0.1, -0.05) is 46.3 Å². The molecule has 0 aliphatic heterocycles. The smallest absolute Gasteiger partial charge is 0.160 e. The van der Waals surface area contributed by atoms with Gasteiger partial charge in [-0.15, -0.1) is 0 Å². The minimum atomic E-state index is 0.559. The van der Waals surface area contributed by atoms with Crippen LogP contribution in [0, 0.1) is 0 Å². The molecular weight excluding hydrogens is 402 g/mol. The number of hydrogen-bond acceptors (Lipinski definition) is 3. The topological polar surface area (TPSA) is 39.9 Å². The van der Waals surface area contributed by atoms with Gasteiger partial charge in [-0.3, -0.25) is 0 Å². The van der Waals surface area contributed by atoms with E-state index >= 15 is 0 Å². The molecule has 2 aromatic heterocycles. The van der Waals surface area contributed by atoms with Crippen LogP contribution < -0.4 is 4.74 Å². The Bertz CT molecular complexity index is 1260. The van der Waals surface area contributed by atoms with Gasteiger partial charge in [-0.25, -0.2) is 9.97 Å². The number of nitrogens with zero attached hydrogens (tertiary/aromatic N) is 3. The summed E-state index contributed by atoms with van der Waals surface area (Å²) >= 11 is 3.44. The van der Waals surface area contributed by atoms with Crippen LogP contribution in [0.3, 0.4) is 0 Å². The van der Waals surface area contributed by atoms with Gasteiger partial charge in [0, 0.05) is 9.86 Å². The number of ether oxygens (including phenoxy) is 1. The fourth-order valence-electron chi connectivity index (χ4n) is 3.39. The molecule has 5 aromatic rings. The summed E-state index contributed by atoms with van der Waals surface area (Å²) in [5.74, 6) is 0.857. The van der Waals surface area contributed by atoms with Gasteiger partial charge in [-0.05, 0) is 42.5 Å². The molecule has 3 aromatic carbocycles. The molecule has 0 saturated carbocycles. The number of para-hydroxylation sites is 3. The number of aromatic nitrogens is 3. The maximum atomic E-state index is 5.93. The lowest BCUT2D eigenvalue weighted by atomic mass is 10.2. The highest BCUT2D eigenvalue weighted by atomic mass is 79.9. The molecule has 5 rings (SSSR count). The van der Waals surface area contributed by atoms with Crippen LogP contribution in [0.4, 0.5) is 0 Å². The average Bonchev–Trinajstić information content (AvgIpc) is 3.01. The lowest BCUT2D eigenvalue weighted by Crippen LogP contribution is -2.08. The molecule has 4 nitrogen and oxygen atoms in total. The van der Waals surface area contributed by atoms with Crippen LogP contribution in [-0.2, 0) is 6.54 Å². The normalized spacial score (nSPS) is 11.4. The van der Waals surface area contributed by atoms with Crippen molar-refractivity contribution in [2.75, 3.05) is 6.61 Å². The van der Waals surface area contributed by atoms with Crippen LogP contribution in [-0.4, -0.2) is 21.1 Å². The second-order valence-electron chi connectivity index (χ2n) is 6.36. The summed E-state index contributed by atoms with van der Waals surface area (Å²) in [7, 11) is 0. The predicted octanol–water partition coefficient (Wildman–Crippen LogP) is 5.58. The lowest BCUT2D eigenvalue weighted by Gasteiger charge is -2.09. The number of hydrogen-bond donors (Lipinski definition) is 0. The lowest BCUT2D eigenvalue weighted by molar-refractivity contribution is 0.302. The highest BCUT2D eigenvalue weighted by molar-refractivity contribution is 9.10. The molecule has 0 spiro atoms. The van der Waals surface area contributed by atoms with Crippen LogP contribution >= 0.6 is 15.9 Å². The molecule has 0 atom stereocenters. The first-order valence-electron chi connectivity index (χ1n) is 8.82. The molecule has 0 radical (unpaired) electrons. The minimum absolute atomic E-state index is 0.559. The largest absolute Gasteiger partial charge is 0.492 e. The van der Waals surface area contributed by atoms with Gasteiger partial charge >= 0.3 is 0 Å². The zero-order valence-electron chi connectivity index (χ0n) is 14.5. The van der Waals surface area contributed by atoms with E-state index < -0.39 is 0 Å². The molecule has 0 saturated heterocycles. The van der Waals surface area contributed by atoms with E-state index in [1.54, 1.807) is 0 Å². The summed E-state index contributed by atoms with van der Waals surface area (Å²) in [4.78, 5) is 9.76. The number of fused-ring (bicyclic) bond motifs is 4. The molecule has 0 aliphatic rings. The molecule has 0 N–H and O–H groups in total. The van der Waals surface area contributed by atoms with E-state index in [-0.39, 0.29) is 0 Å². The minimum Gasteiger partial charge on any atom is -0.492 e.